The highest BCUT2D eigenvalue weighted by Gasteiger charge is 2.40. The van der Waals surface area contributed by atoms with E-state index in [-0.39, 0.29) is 6.54 Å². The molecule has 0 heterocycles. The molecule has 0 amide bonds. The van der Waals surface area contributed by atoms with Gasteiger partial charge in [-0.2, -0.15) is 18.4 Å². The summed E-state index contributed by atoms with van der Waals surface area (Å²) >= 11 is 0. The van der Waals surface area contributed by atoms with Gasteiger partial charge in [0, 0.05) is 6.54 Å². The summed E-state index contributed by atoms with van der Waals surface area (Å²) in [7, 11) is 0. The number of nitriles is 1. The molecule has 0 saturated heterocycles. The average molecular weight is 206 g/mol. The third-order valence-corrected chi connectivity index (χ3v) is 2.58. The molecule has 3 unspecified atom stereocenters. The molecular weight excluding hydrogens is 193 g/mol. The molecule has 1 N–H and O–H groups in total. The number of nitrogens with one attached hydrogen (secondary N) is 1. The number of halogens is 3. The summed E-state index contributed by atoms with van der Waals surface area (Å²) in [5.41, 5.74) is 0. The number of nitrogens with zero attached hydrogens (tertiary/aromatic N) is 1. The summed E-state index contributed by atoms with van der Waals surface area (Å²) in [5.74, 6) is -0.756. The Balaban J connectivity index is 2.19. The van der Waals surface area contributed by atoms with Gasteiger partial charge in [-0.1, -0.05) is 6.92 Å². The molecule has 1 aliphatic rings. The van der Waals surface area contributed by atoms with Crippen molar-refractivity contribution >= 4 is 0 Å². The fraction of sp³-hybridized carbons (Fsp3) is 0.889. The highest BCUT2D eigenvalue weighted by atomic mass is 19.4. The van der Waals surface area contributed by atoms with E-state index in [1.165, 1.54) is 6.07 Å². The van der Waals surface area contributed by atoms with Crippen molar-refractivity contribution in [1.82, 2.24) is 5.32 Å². The van der Waals surface area contributed by atoms with Crippen molar-refractivity contribution in [3.05, 3.63) is 0 Å². The minimum Gasteiger partial charge on any atom is -0.315 e. The van der Waals surface area contributed by atoms with E-state index in [0.717, 1.165) is 6.42 Å². The first-order valence-electron chi connectivity index (χ1n) is 4.62. The van der Waals surface area contributed by atoms with E-state index in [9.17, 15) is 13.2 Å². The van der Waals surface area contributed by atoms with Gasteiger partial charge in [0.25, 0.3) is 0 Å². The molecule has 0 bridgehead atoms. The zero-order valence-electron chi connectivity index (χ0n) is 7.93. The molecule has 5 heteroatoms. The Kier molecular flexibility index (Phi) is 3.38. The molecule has 2 nitrogen and oxygen atoms in total. The van der Waals surface area contributed by atoms with Gasteiger partial charge in [-0.15, -0.1) is 0 Å². The molecule has 0 aliphatic heterocycles. The van der Waals surface area contributed by atoms with Crippen molar-refractivity contribution in [3.63, 3.8) is 0 Å². The van der Waals surface area contributed by atoms with E-state index in [1.807, 2.05) is 0 Å². The van der Waals surface area contributed by atoms with Crippen molar-refractivity contribution in [3.8, 4) is 6.07 Å². The topological polar surface area (TPSA) is 35.8 Å². The Morgan fingerprint density at radius 2 is 2.14 bits per heavy atom. The molecule has 80 valence electrons. The first-order chi connectivity index (χ1) is 6.45. The maximum Gasteiger partial charge on any atom is 0.405 e. The van der Waals surface area contributed by atoms with Crippen LogP contribution in [-0.2, 0) is 0 Å². The molecule has 0 spiro atoms. The van der Waals surface area contributed by atoms with E-state index in [4.69, 9.17) is 5.26 Å². The van der Waals surface area contributed by atoms with Gasteiger partial charge in [-0.25, -0.2) is 0 Å². The Bertz CT molecular complexity index is 231. The number of hydrogen-bond acceptors (Lipinski definition) is 2. The van der Waals surface area contributed by atoms with Crippen molar-refractivity contribution in [1.29, 1.82) is 5.26 Å². The number of hydrogen-bond donors (Lipinski definition) is 1. The highest BCUT2D eigenvalue weighted by molar-refractivity contribution is 4.91. The van der Waals surface area contributed by atoms with Gasteiger partial charge >= 0.3 is 6.18 Å². The molecule has 0 aromatic rings. The van der Waals surface area contributed by atoms with Gasteiger partial charge < -0.3 is 5.32 Å². The molecule has 0 radical (unpaired) electrons. The predicted octanol–water partition coefficient (Wildman–Crippen LogP) is 1.93. The zero-order valence-corrected chi connectivity index (χ0v) is 7.93. The molecule has 0 aromatic carbocycles. The van der Waals surface area contributed by atoms with Crippen LogP contribution in [0.25, 0.3) is 0 Å². The first kappa shape index (κ1) is 11.3. The van der Waals surface area contributed by atoms with Crippen LogP contribution in [0.1, 0.15) is 13.3 Å². The third kappa shape index (κ3) is 3.18. The molecule has 1 rings (SSSR count). The van der Waals surface area contributed by atoms with Crippen molar-refractivity contribution in [2.24, 2.45) is 17.8 Å². The van der Waals surface area contributed by atoms with Crippen molar-refractivity contribution in [2.75, 3.05) is 13.1 Å². The van der Waals surface area contributed by atoms with Crippen LogP contribution in [0.4, 0.5) is 13.2 Å². The van der Waals surface area contributed by atoms with Crippen molar-refractivity contribution < 1.29 is 13.2 Å². The lowest BCUT2D eigenvalue weighted by Gasteiger charge is -2.13. The van der Waals surface area contributed by atoms with Gasteiger partial charge in [-0.05, 0) is 24.8 Å². The van der Waals surface area contributed by atoms with Crippen LogP contribution in [0, 0.1) is 29.1 Å². The quantitative estimate of drug-likeness (QED) is 0.762. The molecular formula is C9H13F3N2. The fourth-order valence-electron chi connectivity index (χ4n) is 1.33. The molecule has 1 saturated carbocycles. The first-order valence-corrected chi connectivity index (χ1v) is 4.62. The Labute approximate surface area is 81.1 Å². The SMILES string of the molecule is CC1CC1CNCC(C#N)C(F)(F)F. The summed E-state index contributed by atoms with van der Waals surface area (Å²) in [4.78, 5) is 0. The van der Waals surface area contributed by atoms with Gasteiger partial charge in [0.05, 0.1) is 6.07 Å². The van der Waals surface area contributed by atoms with E-state index in [0.29, 0.717) is 18.4 Å². The molecule has 0 aromatic heterocycles. The van der Waals surface area contributed by atoms with E-state index in [2.05, 4.69) is 12.2 Å². The minimum atomic E-state index is -4.41. The van der Waals surface area contributed by atoms with Crippen LogP contribution in [0.15, 0.2) is 0 Å². The summed E-state index contributed by atoms with van der Waals surface area (Å²) in [5, 5.41) is 11.0. The number of rotatable bonds is 4. The second-order valence-electron chi connectivity index (χ2n) is 3.85. The summed E-state index contributed by atoms with van der Waals surface area (Å²) in [6.45, 7) is 2.37. The molecule has 14 heavy (non-hydrogen) atoms. The average Bonchev–Trinajstić information content (AvgIpc) is 2.73. The summed E-state index contributed by atoms with van der Waals surface area (Å²) in [6.07, 6.45) is -3.33. The van der Waals surface area contributed by atoms with Crippen molar-refractivity contribution in [2.45, 2.75) is 19.5 Å². The molecule has 3 atom stereocenters. The molecule has 1 fully saturated rings. The Morgan fingerprint density at radius 3 is 2.50 bits per heavy atom. The van der Waals surface area contributed by atoms with E-state index in [1.54, 1.807) is 0 Å². The summed E-state index contributed by atoms with van der Waals surface area (Å²) < 4.78 is 36.2. The van der Waals surface area contributed by atoms with Crippen LogP contribution >= 0.6 is 0 Å². The van der Waals surface area contributed by atoms with Crippen LogP contribution < -0.4 is 5.32 Å². The number of alkyl halides is 3. The van der Waals surface area contributed by atoms with Crippen LogP contribution in [0.2, 0.25) is 0 Å². The van der Waals surface area contributed by atoms with Gasteiger partial charge in [0.2, 0.25) is 0 Å². The van der Waals surface area contributed by atoms with Gasteiger partial charge in [-0.3, -0.25) is 0 Å². The second-order valence-corrected chi connectivity index (χ2v) is 3.85. The van der Waals surface area contributed by atoms with Crippen LogP contribution in [-0.4, -0.2) is 19.3 Å². The van der Waals surface area contributed by atoms with Crippen LogP contribution in [0.3, 0.4) is 0 Å². The Morgan fingerprint density at radius 1 is 1.57 bits per heavy atom. The lowest BCUT2D eigenvalue weighted by atomic mass is 10.1. The van der Waals surface area contributed by atoms with Crippen LogP contribution in [0.5, 0.6) is 0 Å². The maximum absolute atomic E-state index is 12.1. The van der Waals surface area contributed by atoms with E-state index < -0.39 is 12.1 Å². The normalized spacial score (nSPS) is 28.2. The monoisotopic (exact) mass is 206 g/mol. The fourth-order valence-corrected chi connectivity index (χ4v) is 1.33. The zero-order chi connectivity index (χ0) is 10.8. The summed E-state index contributed by atoms with van der Waals surface area (Å²) in [6, 6.07) is 1.26. The molecule has 1 aliphatic carbocycles. The van der Waals surface area contributed by atoms with Gasteiger partial charge in [0.1, 0.15) is 0 Å². The predicted molar refractivity (Wildman–Crippen MR) is 45.3 cm³/mol. The third-order valence-electron chi connectivity index (χ3n) is 2.58. The smallest absolute Gasteiger partial charge is 0.315 e. The lowest BCUT2D eigenvalue weighted by Crippen LogP contribution is -2.33. The largest absolute Gasteiger partial charge is 0.405 e. The highest BCUT2D eigenvalue weighted by Crippen LogP contribution is 2.36. The lowest BCUT2D eigenvalue weighted by molar-refractivity contribution is -0.157. The standard InChI is InChI=1S/C9H13F3N2/c1-6-2-7(6)4-14-5-8(3-13)9(10,11)12/h6-8,14H,2,4-5H2,1H3. The second kappa shape index (κ2) is 4.18. The Hall–Kier alpha value is -0.760. The van der Waals surface area contributed by atoms with Gasteiger partial charge in [0.15, 0.2) is 5.92 Å². The van der Waals surface area contributed by atoms with E-state index >= 15 is 0 Å². The maximum atomic E-state index is 12.1. The minimum absolute atomic E-state index is 0.288.